The summed E-state index contributed by atoms with van der Waals surface area (Å²) < 4.78 is 69.9. The molecule has 2 fully saturated rings. The molecule has 1 aromatic carbocycles. The summed E-state index contributed by atoms with van der Waals surface area (Å²) in [4.78, 5) is 8.69. The van der Waals surface area contributed by atoms with Gasteiger partial charge in [0.1, 0.15) is 11.5 Å². The Balaban J connectivity index is 1.07. The van der Waals surface area contributed by atoms with E-state index in [0.717, 1.165) is 16.8 Å². The van der Waals surface area contributed by atoms with Gasteiger partial charge in [-0.05, 0) is 72.7 Å². The summed E-state index contributed by atoms with van der Waals surface area (Å²) >= 11 is 0. The molecule has 0 radical (unpaired) electrons. The van der Waals surface area contributed by atoms with Gasteiger partial charge >= 0.3 is 6.18 Å². The molecule has 2 aliphatic rings. The van der Waals surface area contributed by atoms with E-state index in [2.05, 4.69) is 15.3 Å². The zero-order chi connectivity index (χ0) is 26.5. The van der Waals surface area contributed by atoms with Gasteiger partial charge in [0.15, 0.2) is 0 Å². The molecule has 0 spiro atoms. The van der Waals surface area contributed by atoms with Gasteiger partial charge in [0.05, 0.1) is 10.3 Å². The molecular weight excluding hydrogens is 515 g/mol. The maximum Gasteiger partial charge on any atom is 0.398 e. The van der Waals surface area contributed by atoms with Crippen LogP contribution in [-0.4, -0.2) is 52.4 Å². The Morgan fingerprint density at radius 2 is 1.63 bits per heavy atom. The molecule has 6 rings (SSSR count). The van der Waals surface area contributed by atoms with E-state index >= 15 is 0 Å². The lowest BCUT2D eigenvalue weighted by molar-refractivity contribution is -0.160. The predicted octanol–water partition coefficient (Wildman–Crippen LogP) is 5.26. The first-order valence-electron chi connectivity index (χ1n) is 12.5. The molecule has 11 heteroatoms. The van der Waals surface area contributed by atoms with E-state index in [1.54, 1.807) is 36.5 Å². The van der Waals surface area contributed by atoms with Crippen molar-refractivity contribution >= 4 is 21.5 Å². The van der Waals surface area contributed by atoms with Crippen molar-refractivity contribution in [3.8, 4) is 11.1 Å². The van der Waals surface area contributed by atoms with Gasteiger partial charge in [0.25, 0.3) is 0 Å². The molecule has 0 bridgehead atoms. The van der Waals surface area contributed by atoms with Crippen LogP contribution in [0.2, 0.25) is 0 Å². The fourth-order valence-corrected chi connectivity index (χ4v) is 6.60. The Bertz CT molecular complexity index is 1560. The summed E-state index contributed by atoms with van der Waals surface area (Å²) in [5.74, 6) is 0.498. The maximum absolute atomic E-state index is 13.3. The van der Waals surface area contributed by atoms with Crippen LogP contribution < -0.4 is 5.32 Å². The number of rotatable bonds is 6. The molecule has 3 aromatic heterocycles. The van der Waals surface area contributed by atoms with Crippen LogP contribution in [0.25, 0.3) is 16.8 Å². The minimum atomic E-state index is -4.27. The molecule has 198 valence electrons. The molecule has 1 saturated carbocycles. The van der Waals surface area contributed by atoms with Gasteiger partial charge in [0, 0.05) is 43.9 Å². The molecule has 0 atom stereocenters. The minimum Gasteiger partial charge on any atom is -0.367 e. The SMILES string of the molecule is O=S(=O)(c1ccc(-c2ccc3nccn3c2)cc1)N1CCC(Nc2ccc(C3(C(F)(F)F)CC3)cn2)CC1. The summed E-state index contributed by atoms with van der Waals surface area (Å²) in [6.07, 6.45) is 3.91. The third-order valence-corrected chi connectivity index (χ3v) is 9.54. The number of hydrogen-bond donors (Lipinski definition) is 1. The molecule has 4 aromatic rings. The Hall–Kier alpha value is -3.44. The number of nitrogens with zero attached hydrogens (tertiary/aromatic N) is 4. The Morgan fingerprint density at radius 3 is 2.26 bits per heavy atom. The largest absolute Gasteiger partial charge is 0.398 e. The highest BCUT2D eigenvalue weighted by molar-refractivity contribution is 7.89. The molecule has 1 N–H and O–H groups in total. The number of hydrogen-bond acceptors (Lipinski definition) is 5. The average molecular weight is 542 g/mol. The van der Waals surface area contributed by atoms with E-state index in [-0.39, 0.29) is 29.3 Å². The maximum atomic E-state index is 13.3. The van der Waals surface area contributed by atoms with Crippen LogP contribution in [0.3, 0.4) is 0 Å². The number of piperidine rings is 1. The second kappa shape index (κ2) is 9.09. The van der Waals surface area contributed by atoms with Gasteiger partial charge < -0.3 is 9.72 Å². The Labute approximate surface area is 218 Å². The third-order valence-electron chi connectivity index (χ3n) is 7.63. The standard InChI is InChI=1S/C27H26F3N5O2S/c28-27(29,30)26(11-12-26)21-4-7-24(32-17-21)33-22-9-14-35(15-10-22)38(36,37)23-5-1-19(2-6-23)20-3-8-25-31-13-16-34(25)18-20/h1-8,13,16-18,22H,9-12,14-15H2,(H,32,33). The first-order chi connectivity index (χ1) is 18.2. The number of benzene rings is 1. The van der Waals surface area contributed by atoms with E-state index in [0.29, 0.717) is 31.7 Å². The van der Waals surface area contributed by atoms with Crippen LogP contribution in [0.5, 0.6) is 0 Å². The summed E-state index contributed by atoms with van der Waals surface area (Å²) in [6, 6.07) is 13.8. The molecule has 7 nitrogen and oxygen atoms in total. The average Bonchev–Trinajstić information content (AvgIpc) is 3.61. The molecule has 1 aliphatic carbocycles. The Morgan fingerprint density at radius 1 is 0.921 bits per heavy atom. The van der Waals surface area contributed by atoms with Crippen LogP contribution in [0.4, 0.5) is 19.0 Å². The highest BCUT2D eigenvalue weighted by Crippen LogP contribution is 2.58. The van der Waals surface area contributed by atoms with Gasteiger partial charge in [-0.2, -0.15) is 17.5 Å². The third kappa shape index (κ3) is 4.43. The molecule has 1 aliphatic heterocycles. The summed E-state index contributed by atoms with van der Waals surface area (Å²) in [6.45, 7) is 0.683. The quantitative estimate of drug-likeness (QED) is 0.361. The van der Waals surface area contributed by atoms with Crippen molar-refractivity contribution in [3.05, 3.63) is 78.9 Å². The molecule has 1 saturated heterocycles. The number of pyridine rings is 2. The van der Waals surface area contributed by atoms with E-state index in [1.165, 1.54) is 16.6 Å². The fourth-order valence-electron chi connectivity index (χ4n) is 5.13. The van der Waals surface area contributed by atoms with Crippen LogP contribution in [-0.2, 0) is 15.4 Å². The highest BCUT2D eigenvalue weighted by Gasteiger charge is 2.64. The van der Waals surface area contributed by atoms with Gasteiger partial charge in [0.2, 0.25) is 10.0 Å². The van der Waals surface area contributed by atoms with Gasteiger partial charge in [-0.1, -0.05) is 18.2 Å². The van der Waals surface area contributed by atoms with E-state index in [1.807, 2.05) is 28.9 Å². The number of halogens is 3. The highest BCUT2D eigenvalue weighted by atomic mass is 32.2. The summed E-state index contributed by atoms with van der Waals surface area (Å²) in [7, 11) is -3.64. The lowest BCUT2D eigenvalue weighted by Gasteiger charge is -2.32. The van der Waals surface area contributed by atoms with Crippen molar-refractivity contribution in [2.24, 2.45) is 0 Å². The van der Waals surface area contributed by atoms with Crippen LogP contribution in [0, 0.1) is 0 Å². The normalized spacial score (nSPS) is 18.5. The summed E-state index contributed by atoms with van der Waals surface area (Å²) in [5.41, 5.74) is 1.16. The predicted molar refractivity (Wildman–Crippen MR) is 137 cm³/mol. The smallest absolute Gasteiger partial charge is 0.367 e. The second-order valence-electron chi connectivity index (χ2n) is 9.97. The van der Waals surface area contributed by atoms with Crippen molar-refractivity contribution in [3.63, 3.8) is 0 Å². The fraction of sp³-hybridized carbons (Fsp3) is 0.333. The van der Waals surface area contributed by atoms with Gasteiger partial charge in [-0.15, -0.1) is 0 Å². The number of aromatic nitrogens is 3. The topological polar surface area (TPSA) is 79.6 Å². The molecule has 38 heavy (non-hydrogen) atoms. The van der Waals surface area contributed by atoms with Crippen LogP contribution in [0.15, 0.2) is 78.2 Å². The molecular formula is C27H26F3N5O2S. The molecule has 0 unspecified atom stereocenters. The summed E-state index contributed by atoms with van der Waals surface area (Å²) in [5, 5.41) is 3.25. The molecule has 4 heterocycles. The van der Waals surface area contributed by atoms with Crippen molar-refractivity contribution in [1.29, 1.82) is 0 Å². The number of alkyl halides is 3. The number of imidazole rings is 1. The van der Waals surface area contributed by atoms with Crippen molar-refractivity contribution in [1.82, 2.24) is 18.7 Å². The van der Waals surface area contributed by atoms with E-state index in [9.17, 15) is 21.6 Å². The number of nitrogens with one attached hydrogen (secondary N) is 1. The van der Waals surface area contributed by atoms with Gasteiger partial charge in [-0.3, -0.25) is 0 Å². The van der Waals surface area contributed by atoms with E-state index < -0.39 is 21.6 Å². The zero-order valence-corrected chi connectivity index (χ0v) is 21.2. The Kier molecular flexibility index (Phi) is 5.95. The van der Waals surface area contributed by atoms with Crippen molar-refractivity contribution < 1.29 is 21.6 Å². The number of anilines is 1. The van der Waals surface area contributed by atoms with Crippen LogP contribution in [0.1, 0.15) is 31.2 Å². The number of sulfonamides is 1. The first kappa shape index (κ1) is 24.9. The lowest BCUT2D eigenvalue weighted by Crippen LogP contribution is -2.42. The monoisotopic (exact) mass is 541 g/mol. The van der Waals surface area contributed by atoms with E-state index in [4.69, 9.17) is 0 Å². The van der Waals surface area contributed by atoms with Gasteiger partial charge in [-0.25, -0.2) is 18.4 Å². The lowest BCUT2D eigenvalue weighted by atomic mass is 9.97. The molecule has 0 amide bonds. The second-order valence-corrected chi connectivity index (χ2v) is 11.9. The number of fused-ring (bicyclic) bond motifs is 1. The minimum absolute atomic E-state index is 0.0160. The van der Waals surface area contributed by atoms with Crippen molar-refractivity contribution in [2.75, 3.05) is 18.4 Å². The zero-order valence-electron chi connectivity index (χ0n) is 20.4. The van der Waals surface area contributed by atoms with Crippen LogP contribution >= 0.6 is 0 Å². The first-order valence-corrected chi connectivity index (χ1v) is 13.9. The van der Waals surface area contributed by atoms with Crippen molar-refractivity contribution in [2.45, 2.75) is 48.2 Å².